The number of carbonyl (C=O) groups is 3. The van der Waals surface area contributed by atoms with Crippen LogP contribution < -0.4 is 5.32 Å². The quantitative estimate of drug-likeness (QED) is 0.337. The van der Waals surface area contributed by atoms with E-state index in [9.17, 15) is 27.6 Å². The van der Waals surface area contributed by atoms with Crippen LogP contribution in [-0.2, 0) is 30.4 Å². The smallest absolute Gasteiger partial charge is 0.425 e. The fourth-order valence-corrected chi connectivity index (χ4v) is 4.30. The molecule has 7 nitrogen and oxygen atoms in total. The van der Waals surface area contributed by atoms with Gasteiger partial charge in [0.1, 0.15) is 13.2 Å². The summed E-state index contributed by atoms with van der Waals surface area (Å²) >= 11 is 0. The lowest BCUT2D eigenvalue weighted by atomic mass is 9.98. The number of benzene rings is 3. The summed E-state index contributed by atoms with van der Waals surface area (Å²) in [6, 6.07) is 23.8. The maximum atomic E-state index is 13.3. The van der Waals surface area contributed by atoms with Gasteiger partial charge in [-0.3, -0.25) is 4.79 Å². The van der Waals surface area contributed by atoms with Crippen molar-refractivity contribution in [2.45, 2.75) is 31.2 Å². The number of halogens is 3. The fraction of sp³-hybridized carbons (Fsp3) is 0.276. The molecule has 3 aromatic carbocycles. The van der Waals surface area contributed by atoms with E-state index in [1.807, 2.05) is 48.5 Å². The molecule has 3 aromatic rings. The van der Waals surface area contributed by atoms with Crippen molar-refractivity contribution < 1.29 is 41.8 Å². The first-order valence-corrected chi connectivity index (χ1v) is 12.2. The Bertz CT molecular complexity index is 1270. The highest BCUT2D eigenvalue weighted by molar-refractivity contribution is 5.84. The largest absolute Gasteiger partial charge is 0.459 e. The Hall–Kier alpha value is -4.18. The monoisotopic (exact) mass is 541 g/mol. The number of nitrogens with one attached hydrogen (secondary N) is 1. The summed E-state index contributed by atoms with van der Waals surface area (Å²) in [6.45, 7) is -1.45. The molecule has 39 heavy (non-hydrogen) atoms. The topological polar surface area (TPSA) is 90.9 Å². The van der Waals surface area contributed by atoms with Crippen molar-refractivity contribution in [3.05, 3.63) is 95.6 Å². The van der Waals surface area contributed by atoms with Gasteiger partial charge >= 0.3 is 18.2 Å². The molecule has 1 atom stereocenters. The minimum atomic E-state index is -5.02. The van der Waals surface area contributed by atoms with Crippen LogP contribution in [0.5, 0.6) is 0 Å². The molecule has 0 aliphatic heterocycles. The predicted molar refractivity (Wildman–Crippen MR) is 135 cm³/mol. The summed E-state index contributed by atoms with van der Waals surface area (Å²) in [5, 5.41) is 2.30. The van der Waals surface area contributed by atoms with E-state index < -0.39 is 49.7 Å². The maximum absolute atomic E-state index is 13.3. The number of rotatable bonds is 11. The summed E-state index contributed by atoms with van der Waals surface area (Å²) in [6.07, 6.45) is -9.13. The standard InChI is InChI=1S/C29H26F3NO6/c30-29(31,32)26(27(35)38-17-19-8-2-1-3-9-19)37-15-14-20(34)16-33-28(36)39-18-25-23-12-6-4-10-21(23)22-11-5-7-13-24(22)25/h1-13,25-26H,14-18H2,(H,33,36). The van der Waals surface area contributed by atoms with E-state index in [0.717, 1.165) is 22.3 Å². The molecule has 0 bridgehead atoms. The lowest BCUT2D eigenvalue weighted by Crippen LogP contribution is -2.41. The summed E-state index contributed by atoms with van der Waals surface area (Å²) in [4.78, 5) is 36.3. The first-order valence-electron chi connectivity index (χ1n) is 12.2. The van der Waals surface area contributed by atoms with Gasteiger partial charge in [-0.1, -0.05) is 78.9 Å². The molecule has 1 unspecified atom stereocenters. The van der Waals surface area contributed by atoms with Gasteiger partial charge < -0.3 is 19.5 Å². The van der Waals surface area contributed by atoms with Crippen LogP contribution in [0.2, 0.25) is 0 Å². The molecule has 0 fully saturated rings. The zero-order valence-corrected chi connectivity index (χ0v) is 20.8. The number of hydrogen-bond acceptors (Lipinski definition) is 6. The molecule has 1 N–H and O–H groups in total. The van der Waals surface area contributed by atoms with Gasteiger partial charge in [0.2, 0.25) is 0 Å². The Morgan fingerprint density at radius 1 is 0.821 bits per heavy atom. The van der Waals surface area contributed by atoms with E-state index in [-0.39, 0.29) is 19.1 Å². The summed E-state index contributed by atoms with van der Waals surface area (Å²) in [5.41, 5.74) is 4.71. The highest BCUT2D eigenvalue weighted by Gasteiger charge is 2.47. The van der Waals surface area contributed by atoms with Crippen LogP contribution in [0.25, 0.3) is 11.1 Å². The van der Waals surface area contributed by atoms with Crippen LogP contribution in [-0.4, -0.2) is 49.9 Å². The molecule has 4 rings (SSSR count). The molecule has 0 saturated heterocycles. The van der Waals surface area contributed by atoms with E-state index in [0.29, 0.717) is 5.56 Å². The normalized spacial score (nSPS) is 13.2. The number of amides is 1. The molecular weight excluding hydrogens is 515 g/mol. The predicted octanol–water partition coefficient (Wildman–Crippen LogP) is 5.18. The number of ether oxygens (including phenoxy) is 3. The molecule has 1 aliphatic carbocycles. The maximum Gasteiger partial charge on any atom is 0.425 e. The molecule has 1 aliphatic rings. The van der Waals surface area contributed by atoms with Crippen LogP contribution in [0.1, 0.15) is 29.0 Å². The zero-order chi connectivity index (χ0) is 27.8. The van der Waals surface area contributed by atoms with Gasteiger partial charge in [-0.15, -0.1) is 0 Å². The highest BCUT2D eigenvalue weighted by Crippen LogP contribution is 2.44. The SMILES string of the molecule is O=C(CCOC(C(=O)OCc1ccccc1)C(F)(F)F)CNC(=O)OCC1c2ccccc2-c2ccccc21. The van der Waals surface area contributed by atoms with Crippen molar-refractivity contribution >= 4 is 17.8 Å². The Morgan fingerprint density at radius 3 is 2.03 bits per heavy atom. The molecule has 0 spiro atoms. The lowest BCUT2D eigenvalue weighted by Gasteiger charge is -2.19. The Kier molecular flexibility index (Phi) is 8.98. The van der Waals surface area contributed by atoms with Crippen molar-refractivity contribution in [2.75, 3.05) is 19.8 Å². The summed E-state index contributed by atoms with van der Waals surface area (Å²) in [7, 11) is 0. The van der Waals surface area contributed by atoms with Crippen LogP contribution >= 0.6 is 0 Å². The Balaban J connectivity index is 1.20. The van der Waals surface area contributed by atoms with Gasteiger partial charge in [0.05, 0.1) is 13.2 Å². The highest BCUT2D eigenvalue weighted by atomic mass is 19.4. The van der Waals surface area contributed by atoms with Gasteiger partial charge in [-0.05, 0) is 27.8 Å². The third-order valence-corrected chi connectivity index (χ3v) is 6.17. The lowest BCUT2D eigenvalue weighted by molar-refractivity contribution is -0.231. The molecule has 0 aromatic heterocycles. The third-order valence-electron chi connectivity index (χ3n) is 6.17. The molecule has 204 valence electrons. The number of esters is 1. The summed E-state index contributed by atoms with van der Waals surface area (Å²) in [5.74, 6) is -2.36. The van der Waals surface area contributed by atoms with Crippen molar-refractivity contribution in [2.24, 2.45) is 0 Å². The first kappa shape index (κ1) is 27.8. The van der Waals surface area contributed by atoms with Crippen molar-refractivity contribution in [1.29, 1.82) is 0 Å². The second kappa shape index (κ2) is 12.6. The van der Waals surface area contributed by atoms with E-state index in [2.05, 4.69) is 10.1 Å². The minimum Gasteiger partial charge on any atom is -0.459 e. The van der Waals surface area contributed by atoms with Gasteiger partial charge in [0, 0.05) is 12.3 Å². The average molecular weight is 542 g/mol. The Labute approximate surface area is 222 Å². The van der Waals surface area contributed by atoms with Gasteiger partial charge in [-0.25, -0.2) is 9.59 Å². The van der Waals surface area contributed by atoms with Crippen LogP contribution in [0, 0.1) is 0 Å². The van der Waals surface area contributed by atoms with E-state index >= 15 is 0 Å². The summed E-state index contributed by atoms with van der Waals surface area (Å²) < 4.78 is 54.6. The van der Waals surface area contributed by atoms with Crippen LogP contribution in [0.15, 0.2) is 78.9 Å². The van der Waals surface area contributed by atoms with Crippen molar-refractivity contribution in [1.82, 2.24) is 5.32 Å². The minimum absolute atomic E-state index is 0.0511. The number of fused-ring (bicyclic) bond motifs is 3. The van der Waals surface area contributed by atoms with E-state index in [4.69, 9.17) is 9.47 Å². The van der Waals surface area contributed by atoms with E-state index in [1.165, 1.54) is 0 Å². The van der Waals surface area contributed by atoms with Gasteiger partial charge in [-0.2, -0.15) is 13.2 Å². The van der Waals surface area contributed by atoms with Crippen LogP contribution in [0.3, 0.4) is 0 Å². The molecule has 0 heterocycles. The van der Waals surface area contributed by atoms with Crippen LogP contribution in [0.4, 0.5) is 18.0 Å². The second-order valence-electron chi connectivity index (χ2n) is 8.85. The number of ketones is 1. The van der Waals surface area contributed by atoms with Crippen molar-refractivity contribution in [3.63, 3.8) is 0 Å². The van der Waals surface area contributed by atoms with Gasteiger partial charge in [0.15, 0.2) is 5.78 Å². The van der Waals surface area contributed by atoms with Crippen molar-refractivity contribution in [3.8, 4) is 11.1 Å². The molecule has 10 heteroatoms. The molecule has 0 radical (unpaired) electrons. The molecular formula is C29H26F3NO6. The van der Waals surface area contributed by atoms with E-state index in [1.54, 1.807) is 30.3 Å². The zero-order valence-electron chi connectivity index (χ0n) is 20.8. The number of alkyl carbamates (subject to hydrolysis) is 1. The number of carbonyl (C=O) groups excluding carboxylic acids is 3. The first-order chi connectivity index (χ1) is 18.7. The average Bonchev–Trinajstić information content (AvgIpc) is 3.25. The number of hydrogen-bond donors (Lipinski definition) is 1. The number of Topliss-reactive ketones (excluding diaryl/α,β-unsaturated/α-hetero) is 1. The molecule has 1 amide bonds. The Morgan fingerprint density at radius 2 is 1.41 bits per heavy atom. The third kappa shape index (κ3) is 7.23. The van der Waals surface area contributed by atoms with Gasteiger partial charge in [0.25, 0.3) is 6.10 Å². The molecule has 0 saturated carbocycles. The number of alkyl halides is 3. The fourth-order valence-electron chi connectivity index (χ4n) is 4.30. The second-order valence-corrected chi connectivity index (χ2v) is 8.85.